The third-order valence-electron chi connectivity index (χ3n) is 4.13. The molecule has 0 bridgehead atoms. The highest BCUT2D eigenvalue weighted by Crippen LogP contribution is 2.23. The van der Waals surface area contributed by atoms with Crippen molar-refractivity contribution in [1.82, 2.24) is 0 Å². The fourth-order valence-corrected chi connectivity index (χ4v) is 3.93. The second-order valence-corrected chi connectivity index (χ2v) is 8.15. The molecule has 0 saturated heterocycles. The van der Waals surface area contributed by atoms with Gasteiger partial charge in [0.15, 0.2) is 0 Å². The Morgan fingerprint density at radius 2 is 1.63 bits per heavy atom. The Morgan fingerprint density at radius 1 is 0.963 bits per heavy atom. The van der Waals surface area contributed by atoms with Gasteiger partial charge < -0.3 is 9.46 Å². The van der Waals surface area contributed by atoms with Crippen molar-refractivity contribution in [2.24, 2.45) is 0 Å². The second-order valence-electron chi connectivity index (χ2n) is 6.12. The molecule has 5 heteroatoms. The molecule has 0 saturated carbocycles. The summed E-state index contributed by atoms with van der Waals surface area (Å²) in [5.74, 6) is 3.55. The van der Waals surface area contributed by atoms with Crippen molar-refractivity contribution in [3.05, 3.63) is 84.4 Å². The van der Waals surface area contributed by atoms with Crippen LogP contribution in [0, 0.1) is 0 Å². The maximum absolute atomic E-state index is 13.1. The van der Waals surface area contributed by atoms with Crippen LogP contribution < -0.4 is 4.72 Å². The lowest BCUT2D eigenvalue weighted by molar-refractivity contribution is -0.139. The minimum atomic E-state index is -2.73. The third-order valence-corrected chi connectivity index (χ3v) is 5.73. The summed E-state index contributed by atoms with van der Waals surface area (Å²) < 4.78 is 20.8. The van der Waals surface area contributed by atoms with Crippen LogP contribution in [-0.2, 0) is 25.7 Å². The zero-order chi connectivity index (χ0) is 19.3. The van der Waals surface area contributed by atoms with Gasteiger partial charge in [-0.05, 0) is 46.8 Å². The molecule has 3 aromatic carbocycles. The number of methoxy groups -OCH3 is 1. The standard InChI is InChI=1S/C22H21NO3S/c1-26-22(24)16-17-7-6-10-20(15-17)23-27(2,25)21-13-11-19(12-14-21)18-8-4-3-5-9-18/h3-15H,2,16H2,1H3,(H,23,25). The lowest BCUT2D eigenvalue weighted by Gasteiger charge is -2.14. The van der Waals surface area contributed by atoms with E-state index in [1.165, 1.54) is 7.11 Å². The Morgan fingerprint density at radius 3 is 2.30 bits per heavy atom. The average Bonchev–Trinajstić information content (AvgIpc) is 2.68. The van der Waals surface area contributed by atoms with Gasteiger partial charge in [0.25, 0.3) is 0 Å². The topological polar surface area (TPSA) is 55.4 Å². The van der Waals surface area contributed by atoms with Crippen LogP contribution in [0.5, 0.6) is 0 Å². The number of carbonyl (C=O) groups is 1. The summed E-state index contributed by atoms with van der Waals surface area (Å²) in [6.45, 7) is 0. The van der Waals surface area contributed by atoms with E-state index in [0.717, 1.165) is 16.7 Å². The maximum Gasteiger partial charge on any atom is 0.309 e. The fraction of sp³-hybridized carbons (Fsp3) is 0.0909. The van der Waals surface area contributed by atoms with Crippen LogP contribution in [-0.4, -0.2) is 23.2 Å². The van der Waals surface area contributed by atoms with Crippen LogP contribution in [0.4, 0.5) is 5.69 Å². The molecular weight excluding hydrogens is 358 g/mol. The lowest BCUT2D eigenvalue weighted by Crippen LogP contribution is -2.13. The summed E-state index contributed by atoms with van der Waals surface area (Å²) in [5.41, 5.74) is 3.57. The molecule has 3 aromatic rings. The zero-order valence-corrected chi connectivity index (χ0v) is 15.9. The first-order valence-electron chi connectivity index (χ1n) is 8.44. The largest absolute Gasteiger partial charge is 0.469 e. The molecule has 0 heterocycles. The monoisotopic (exact) mass is 379 g/mol. The number of anilines is 1. The van der Waals surface area contributed by atoms with E-state index in [4.69, 9.17) is 0 Å². The van der Waals surface area contributed by atoms with E-state index in [9.17, 15) is 9.00 Å². The molecule has 0 aliphatic carbocycles. The predicted octanol–water partition coefficient (Wildman–Crippen LogP) is 4.17. The minimum absolute atomic E-state index is 0.163. The van der Waals surface area contributed by atoms with Gasteiger partial charge in [-0.25, -0.2) is 4.21 Å². The normalized spacial score (nSPS) is 12.8. The predicted molar refractivity (Wildman–Crippen MR) is 111 cm³/mol. The van der Waals surface area contributed by atoms with Crippen molar-refractivity contribution >= 4 is 27.2 Å². The molecule has 4 nitrogen and oxygen atoms in total. The Hall–Kier alpha value is -3.05. The molecule has 1 unspecified atom stereocenters. The van der Waals surface area contributed by atoms with E-state index in [0.29, 0.717) is 10.6 Å². The first-order chi connectivity index (χ1) is 13.0. The highest BCUT2D eigenvalue weighted by molar-refractivity contribution is 8.01. The van der Waals surface area contributed by atoms with E-state index in [1.807, 2.05) is 60.7 Å². The van der Waals surface area contributed by atoms with Crippen molar-refractivity contribution < 1.29 is 13.7 Å². The van der Waals surface area contributed by atoms with Gasteiger partial charge in [-0.15, -0.1) is 0 Å². The van der Waals surface area contributed by atoms with Gasteiger partial charge >= 0.3 is 5.97 Å². The third kappa shape index (κ3) is 4.77. The summed E-state index contributed by atoms with van der Waals surface area (Å²) in [6.07, 6.45) is 0.163. The maximum atomic E-state index is 13.1. The Labute approximate surface area is 160 Å². The van der Waals surface area contributed by atoms with E-state index < -0.39 is 9.71 Å². The first kappa shape index (κ1) is 18.7. The van der Waals surface area contributed by atoms with Crippen molar-refractivity contribution in [3.8, 4) is 11.1 Å². The quantitative estimate of drug-likeness (QED) is 0.517. The van der Waals surface area contributed by atoms with Crippen LogP contribution in [0.1, 0.15) is 5.56 Å². The molecule has 1 N–H and O–H groups in total. The molecule has 27 heavy (non-hydrogen) atoms. The number of hydrogen-bond acceptors (Lipinski definition) is 3. The van der Waals surface area contributed by atoms with Crippen molar-refractivity contribution in [1.29, 1.82) is 0 Å². The SMILES string of the molecule is C=S(=O)(Nc1cccc(CC(=O)OC)c1)c1ccc(-c2ccccc2)cc1. The Bertz CT molecular complexity index is 1030. The van der Waals surface area contributed by atoms with Crippen molar-refractivity contribution in [3.63, 3.8) is 0 Å². The molecule has 0 aliphatic rings. The number of hydrogen-bond donors (Lipinski definition) is 1. The van der Waals surface area contributed by atoms with Gasteiger partial charge in [0.1, 0.15) is 0 Å². The smallest absolute Gasteiger partial charge is 0.309 e. The molecule has 0 fully saturated rings. The van der Waals surface area contributed by atoms with Gasteiger partial charge in [0.05, 0.1) is 23.2 Å². The average molecular weight is 379 g/mol. The molecule has 0 aliphatic heterocycles. The van der Waals surface area contributed by atoms with Crippen LogP contribution in [0.25, 0.3) is 11.1 Å². The number of nitrogens with one attached hydrogen (secondary N) is 1. The van der Waals surface area contributed by atoms with E-state index >= 15 is 0 Å². The van der Waals surface area contributed by atoms with Crippen molar-refractivity contribution in [2.45, 2.75) is 11.3 Å². The van der Waals surface area contributed by atoms with Gasteiger partial charge in [-0.1, -0.05) is 54.6 Å². The zero-order valence-electron chi connectivity index (χ0n) is 15.1. The molecule has 1 atom stereocenters. The van der Waals surface area contributed by atoms with Crippen LogP contribution in [0.2, 0.25) is 0 Å². The molecule has 0 aromatic heterocycles. The molecule has 0 spiro atoms. The van der Waals surface area contributed by atoms with Gasteiger partial charge in [-0.2, -0.15) is 0 Å². The number of benzene rings is 3. The number of esters is 1. The summed E-state index contributed by atoms with van der Waals surface area (Å²) in [4.78, 5) is 12.0. The molecule has 0 radical (unpaired) electrons. The summed E-state index contributed by atoms with van der Waals surface area (Å²) in [5, 5.41) is 0. The van der Waals surface area contributed by atoms with Crippen LogP contribution in [0.15, 0.2) is 83.8 Å². The van der Waals surface area contributed by atoms with E-state index in [1.54, 1.807) is 18.2 Å². The number of carbonyl (C=O) groups excluding carboxylic acids is 1. The Balaban J connectivity index is 1.79. The van der Waals surface area contributed by atoms with Crippen LogP contribution in [0.3, 0.4) is 0 Å². The molecule has 0 amide bonds. The second kappa shape index (κ2) is 8.10. The summed E-state index contributed by atoms with van der Waals surface area (Å²) >= 11 is 0. The van der Waals surface area contributed by atoms with Gasteiger partial charge in [-0.3, -0.25) is 4.79 Å². The molecule has 138 valence electrons. The first-order valence-corrected chi connectivity index (χ1v) is 10.2. The summed E-state index contributed by atoms with van der Waals surface area (Å²) in [7, 11) is -1.38. The Kier molecular flexibility index (Phi) is 5.62. The van der Waals surface area contributed by atoms with Gasteiger partial charge in [0.2, 0.25) is 0 Å². The lowest BCUT2D eigenvalue weighted by atomic mass is 10.1. The molecule has 3 rings (SSSR count). The van der Waals surface area contributed by atoms with Gasteiger partial charge in [0, 0.05) is 10.6 Å². The van der Waals surface area contributed by atoms with Crippen molar-refractivity contribution in [2.75, 3.05) is 11.8 Å². The minimum Gasteiger partial charge on any atom is -0.469 e. The van der Waals surface area contributed by atoms with Crippen LogP contribution >= 0.6 is 0 Å². The number of rotatable bonds is 6. The number of ether oxygens (including phenoxy) is 1. The summed E-state index contributed by atoms with van der Waals surface area (Å²) in [6, 6.07) is 24.7. The van der Waals surface area contributed by atoms with E-state index in [-0.39, 0.29) is 12.4 Å². The fourth-order valence-electron chi connectivity index (χ4n) is 2.73. The van der Waals surface area contributed by atoms with E-state index in [2.05, 4.69) is 15.3 Å². The molecular formula is C22H21NO3S. The highest BCUT2D eigenvalue weighted by atomic mass is 32.2. The highest BCUT2D eigenvalue weighted by Gasteiger charge is 2.10.